The molecule has 0 radical (unpaired) electrons. The van der Waals surface area contributed by atoms with Crippen molar-refractivity contribution < 1.29 is 17.9 Å². The molecule has 6 rings (SSSR count). The van der Waals surface area contributed by atoms with Crippen molar-refractivity contribution in [1.29, 1.82) is 0 Å². The molecule has 5 heterocycles. The number of benzene rings is 1. The number of ether oxygens (including phenoxy) is 1. The van der Waals surface area contributed by atoms with Gasteiger partial charge in [0.1, 0.15) is 23.5 Å². The summed E-state index contributed by atoms with van der Waals surface area (Å²) in [6, 6.07) is 8.91. The quantitative estimate of drug-likeness (QED) is 0.410. The van der Waals surface area contributed by atoms with Gasteiger partial charge in [-0.25, -0.2) is 4.98 Å². The highest BCUT2D eigenvalue weighted by atomic mass is 19.4. The molecule has 0 amide bonds. The summed E-state index contributed by atoms with van der Waals surface area (Å²) in [7, 11) is 1.90. The number of aromatic amines is 1. The lowest BCUT2D eigenvalue weighted by molar-refractivity contribution is -0.141. The number of aromatic nitrogens is 6. The number of nitrogens with one attached hydrogen (secondary N) is 2. The first-order valence-electron chi connectivity index (χ1n) is 12.2. The number of halogens is 3. The Hall–Kier alpha value is -3.35. The predicted octanol–water partition coefficient (Wildman–Crippen LogP) is 2.69. The molecule has 0 bridgehead atoms. The highest BCUT2D eigenvalue weighted by molar-refractivity contribution is 5.94. The molecule has 2 saturated heterocycles. The van der Waals surface area contributed by atoms with E-state index in [4.69, 9.17) is 4.74 Å². The number of alkyl halides is 3. The lowest BCUT2D eigenvalue weighted by Gasteiger charge is -2.41. The van der Waals surface area contributed by atoms with Crippen LogP contribution in [0, 0.1) is 0 Å². The van der Waals surface area contributed by atoms with E-state index in [-0.39, 0.29) is 5.41 Å². The Morgan fingerprint density at radius 1 is 1.14 bits per heavy atom. The van der Waals surface area contributed by atoms with E-state index in [2.05, 4.69) is 35.6 Å². The van der Waals surface area contributed by atoms with Crippen LogP contribution in [0.2, 0.25) is 0 Å². The van der Waals surface area contributed by atoms with E-state index < -0.39 is 11.9 Å². The first-order valence-corrected chi connectivity index (χ1v) is 12.2. The van der Waals surface area contributed by atoms with Crippen LogP contribution in [0.1, 0.15) is 22.8 Å². The largest absolute Gasteiger partial charge is 0.433 e. The molecule has 0 aliphatic carbocycles. The number of fused-ring (bicyclic) bond motifs is 1. The molecule has 9 nitrogen and oxygen atoms in total. The fourth-order valence-electron chi connectivity index (χ4n) is 5.13. The molecule has 0 unspecified atom stereocenters. The summed E-state index contributed by atoms with van der Waals surface area (Å²) in [4.78, 5) is 6.12. The summed E-state index contributed by atoms with van der Waals surface area (Å²) < 4.78 is 49.1. The van der Waals surface area contributed by atoms with E-state index in [0.717, 1.165) is 49.2 Å². The minimum atomic E-state index is -4.56. The highest BCUT2D eigenvalue weighted by Crippen LogP contribution is 2.39. The van der Waals surface area contributed by atoms with Gasteiger partial charge in [-0.2, -0.15) is 18.3 Å². The minimum Gasteiger partial charge on any atom is -0.379 e. The van der Waals surface area contributed by atoms with Gasteiger partial charge in [-0.15, -0.1) is 10.2 Å². The number of hydrogen-bond acceptors (Lipinski definition) is 7. The molecule has 2 aliphatic heterocycles. The van der Waals surface area contributed by atoms with Crippen molar-refractivity contribution in [3.8, 4) is 11.3 Å². The molecular weight excluding hydrogens is 485 g/mol. The summed E-state index contributed by atoms with van der Waals surface area (Å²) in [5.41, 5.74) is 1.94. The van der Waals surface area contributed by atoms with Crippen molar-refractivity contribution in [3.63, 3.8) is 0 Å². The van der Waals surface area contributed by atoms with Crippen LogP contribution >= 0.6 is 0 Å². The second kappa shape index (κ2) is 9.19. The molecular formula is C25H27F3N8O. The third-order valence-electron chi connectivity index (χ3n) is 7.31. The van der Waals surface area contributed by atoms with Crippen LogP contribution in [0.5, 0.6) is 0 Å². The maximum Gasteiger partial charge on any atom is 0.433 e. The maximum atomic E-state index is 13.9. The van der Waals surface area contributed by atoms with Gasteiger partial charge in [-0.1, -0.05) is 18.2 Å². The molecule has 2 fully saturated rings. The van der Waals surface area contributed by atoms with Crippen LogP contribution in [0.4, 0.5) is 13.2 Å². The normalized spacial score (nSPS) is 18.3. The van der Waals surface area contributed by atoms with Crippen molar-refractivity contribution in [2.24, 2.45) is 7.05 Å². The van der Waals surface area contributed by atoms with Crippen LogP contribution < -0.4 is 5.32 Å². The van der Waals surface area contributed by atoms with Gasteiger partial charge in [0, 0.05) is 62.6 Å². The number of piperazine rings is 1. The zero-order valence-electron chi connectivity index (χ0n) is 20.3. The Kier molecular flexibility index (Phi) is 5.97. The van der Waals surface area contributed by atoms with Crippen molar-refractivity contribution in [3.05, 3.63) is 59.4 Å². The summed E-state index contributed by atoms with van der Waals surface area (Å²) in [5, 5.41) is 19.4. The smallest absolute Gasteiger partial charge is 0.379 e. The lowest BCUT2D eigenvalue weighted by Crippen LogP contribution is -2.49. The zero-order chi connectivity index (χ0) is 25.6. The minimum absolute atomic E-state index is 0.283. The molecule has 2 aliphatic rings. The highest BCUT2D eigenvalue weighted by Gasteiger charge is 2.42. The first kappa shape index (κ1) is 24.0. The predicted molar refractivity (Wildman–Crippen MR) is 130 cm³/mol. The van der Waals surface area contributed by atoms with Gasteiger partial charge >= 0.3 is 6.18 Å². The second-order valence-electron chi connectivity index (χ2n) is 9.86. The fraction of sp³-hybridized carbons (Fsp3) is 0.440. The van der Waals surface area contributed by atoms with E-state index in [1.54, 1.807) is 6.33 Å². The first-order chi connectivity index (χ1) is 17.8. The molecule has 3 aromatic heterocycles. The third kappa shape index (κ3) is 4.49. The van der Waals surface area contributed by atoms with E-state index in [0.29, 0.717) is 48.5 Å². The molecule has 4 aromatic rings. The maximum absolute atomic E-state index is 13.9. The number of rotatable bonds is 6. The van der Waals surface area contributed by atoms with Crippen LogP contribution in [0.15, 0.2) is 36.7 Å². The van der Waals surface area contributed by atoms with Crippen LogP contribution in [0.3, 0.4) is 0 Å². The Bertz CT molecular complexity index is 1420. The van der Waals surface area contributed by atoms with E-state index in [1.165, 1.54) is 0 Å². The zero-order valence-corrected chi connectivity index (χ0v) is 20.3. The van der Waals surface area contributed by atoms with Crippen molar-refractivity contribution in [2.75, 3.05) is 39.4 Å². The molecule has 37 heavy (non-hydrogen) atoms. The average Bonchev–Trinajstić information content (AvgIpc) is 3.47. The Morgan fingerprint density at radius 3 is 2.62 bits per heavy atom. The van der Waals surface area contributed by atoms with Crippen molar-refractivity contribution in [2.45, 2.75) is 24.6 Å². The number of H-pyrrole nitrogens is 1. The fourth-order valence-corrected chi connectivity index (χ4v) is 5.13. The van der Waals surface area contributed by atoms with Crippen LogP contribution in [-0.2, 0) is 36.3 Å². The Labute approximate surface area is 211 Å². The molecule has 194 valence electrons. The second-order valence-corrected chi connectivity index (χ2v) is 9.86. The SMILES string of the molecule is Cn1cnnc1CC1(c2cccc(-c3n[nH]c4c(CN5CCNCC5)nc(C(F)(F)F)cc34)c2)COC1. The van der Waals surface area contributed by atoms with E-state index in [9.17, 15) is 13.2 Å². The topological polar surface area (TPSA) is 96.8 Å². The van der Waals surface area contributed by atoms with Gasteiger partial charge in [0.2, 0.25) is 0 Å². The number of hydrogen-bond donors (Lipinski definition) is 2. The van der Waals surface area contributed by atoms with Gasteiger partial charge in [0.05, 0.1) is 24.4 Å². The molecule has 0 saturated carbocycles. The molecule has 12 heteroatoms. The summed E-state index contributed by atoms with van der Waals surface area (Å²) in [6.07, 6.45) is -2.25. The van der Waals surface area contributed by atoms with Gasteiger partial charge in [-0.3, -0.25) is 10.00 Å². The third-order valence-corrected chi connectivity index (χ3v) is 7.31. The Balaban J connectivity index is 1.40. The van der Waals surface area contributed by atoms with Crippen LogP contribution in [0.25, 0.3) is 22.2 Å². The standard InChI is InChI=1S/C25H27F3N8O/c1-35-15-30-32-21(35)11-24(13-37-14-24)17-4-2-3-16(9-17)22-18-10-20(25(26,27)28)31-19(23(18)34-33-22)12-36-7-5-29-6-8-36/h2-4,9-10,15,29H,5-8,11-14H2,1H3,(H,33,34). The summed E-state index contributed by atoms with van der Waals surface area (Å²) in [6.45, 7) is 4.47. The summed E-state index contributed by atoms with van der Waals surface area (Å²) in [5.74, 6) is 0.845. The molecule has 0 atom stereocenters. The van der Waals surface area contributed by atoms with Gasteiger partial charge in [0.15, 0.2) is 0 Å². The summed E-state index contributed by atoms with van der Waals surface area (Å²) >= 11 is 0. The molecule has 2 N–H and O–H groups in total. The van der Waals surface area contributed by atoms with Gasteiger partial charge < -0.3 is 14.6 Å². The number of pyridine rings is 1. The van der Waals surface area contributed by atoms with Gasteiger partial charge in [0.25, 0.3) is 0 Å². The lowest BCUT2D eigenvalue weighted by atomic mass is 9.75. The van der Waals surface area contributed by atoms with E-state index >= 15 is 0 Å². The monoisotopic (exact) mass is 512 g/mol. The van der Waals surface area contributed by atoms with E-state index in [1.807, 2.05) is 35.9 Å². The Morgan fingerprint density at radius 2 is 1.95 bits per heavy atom. The van der Waals surface area contributed by atoms with Crippen molar-refractivity contribution in [1.82, 2.24) is 40.2 Å². The molecule has 0 spiro atoms. The number of nitrogens with zero attached hydrogens (tertiary/aromatic N) is 6. The van der Waals surface area contributed by atoms with Gasteiger partial charge in [-0.05, 0) is 17.7 Å². The van der Waals surface area contributed by atoms with Crippen molar-refractivity contribution >= 4 is 10.9 Å². The van der Waals surface area contributed by atoms with Crippen LogP contribution in [-0.4, -0.2) is 74.2 Å². The number of aryl methyl sites for hydroxylation is 1. The average molecular weight is 513 g/mol. The molecule has 1 aromatic carbocycles.